The molecule has 2 N–H and O–H groups in total. The molecule has 0 radical (unpaired) electrons. The van der Waals surface area contributed by atoms with Crippen LogP contribution in [0.2, 0.25) is 0 Å². The molecule has 0 unspecified atom stereocenters. The van der Waals surface area contributed by atoms with Crippen LogP contribution in [0.5, 0.6) is 11.5 Å². The Morgan fingerprint density at radius 1 is 1.13 bits per heavy atom. The van der Waals surface area contributed by atoms with Gasteiger partial charge < -0.3 is 24.8 Å². The number of fused-ring (bicyclic) bond motifs is 1. The number of likely N-dealkylation sites (tertiary alicyclic amines) is 1. The van der Waals surface area contributed by atoms with E-state index in [2.05, 4.69) is 5.32 Å². The standard InChI is InChI=1S/C24H26N2O5/c27-14-18-13-24(10-4-5-11-25-23(24)29)26(21(18)16-6-2-1-3-7-16)22(28)17-8-9-19-20(12-17)31-15-30-19/h1-3,6-9,12,18,21,27H,4-5,10-11,13-15H2,(H,25,29)/t18-,21+,24+/m1/s1. The lowest BCUT2D eigenvalue weighted by atomic mass is 9.86. The van der Waals surface area contributed by atoms with Crippen LogP contribution in [0, 0.1) is 5.92 Å². The minimum Gasteiger partial charge on any atom is -0.454 e. The van der Waals surface area contributed by atoms with Gasteiger partial charge in [0.1, 0.15) is 5.54 Å². The van der Waals surface area contributed by atoms with Crippen LogP contribution < -0.4 is 14.8 Å². The van der Waals surface area contributed by atoms with Gasteiger partial charge in [-0.05, 0) is 49.4 Å². The summed E-state index contributed by atoms with van der Waals surface area (Å²) in [5, 5.41) is 13.3. The molecule has 0 bridgehead atoms. The Balaban J connectivity index is 1.63. The van der Waals surface area contributed by atoms with Gasteiger partial charge in [0.2, 0.25) is 12.7 Å². The minimum absolute atomic E-state index is 0.0977. The summed E-state index contributed by atoms with van der Waals surface area (Å²) in [4.78, 5) is 29.1. The Morgan fingerprint density at radius 2 is 1.94 bits per heavy atom. The molecule has 1 spiro atoms. The van der Waals surface area contributed by atoms with E-state index in [9.17, 15) is 14.7 Å². The van der Waals surface area contributed by atoms with Crippen molar-refractivity contribution >= 4 is 11.8 Å². The molecule has 0 aliphatic carbocycles. The molecule has 3 aliphatic rings. The molecule has 2 fully saturated rings. The fraction of sp³-hybridized carbons (Fsp3) is 0.417. The van der Waals surface area contributed by atoms with E-state index >= 15 is 0 Å². The minimum atomic E-state index is -0.988. The van der Waals surface area contributed by atoms with E-state index in [-0.39, 0.29) is 31.1 Å². The van der Waals surface area contributed by atoms with Crippen LogP contribution in [0.4, 0.5) is 0 Å². The summed E-state index contributed by atoms with van der Waals surface area (Å²) < 4.78 is 10.9. The number of carbonyl (C=O) groups excluding carboxylic acids is 2. The summed E-state index contributed by atoms with van der Waals surface area (Å²) in [5.41, 5.74) is 0.377. The van der Waals surface area contributed by atoms with Gasteiger partial charge in [0.25, 0.3) is 5.91 Å². The summed E-state index contributed by atoms with van der Waals surface area (Å²) in [6.45, 7) is 0.633. The molecule has 31 heavy (non-hydrogen) atoms. The van der Waals surface area contributed by atoms with Crippen molar-refractivity contribution in [3.63, 3.8) is 0 Å². The zero-order valence-corrected chi connectivity index (χ0v) is 17.3. The Morgan fingerprint density at radius 3 is 2.74 bits per heavy atom. The molecule has 0 aromatic heterocycles. The van der Waals surface area contributed by atoms with Gasteiger partial charge in [-0.15, -0.1) is 0 Å². The maximum absolute atomic E-state index is 14.0. The summed E-state index contributed by atoms with van der Waals surface area (Å²) in [7, 11) is 0. The van der Waals surface area contributed by atoms with E-state index in [1.54, 1.807) is 23.1 Å². The van der Waals surface area contributed by atoms with E-state index in [0.29, 0.717) is 36.4 Å². The van der Waals surface area contributed by atoms with Crippen molar-refractivity contribution in [3.05, 3.63) is 59.7 Å². The highest BCUT2D eigenvalue weighted by Gasteiger charge is 2.58. The second-order valence-corrected chi connectivity index (χ2v) is 8.49. The molecule has 3 atom stereocenters. The van der Waals surface area contributed by atoms with Crippen LogP contribution in [0.1, 0.15) is 47.6 Å². The number of amides is 2. The van der Waals surface area contributed by atoms with Crippen molar-refractivity contribution in [1.29, 1.82) is 0 Å². The fourth-order valence-electron chi connectivity index (χ4n) is 5.29. The third-order valence-corrected chi connectivity index (χ3v) is 6.72. The smallest absolute Gasteiger partial charge is 0.255 e. The number of nitrogens with zero attached hydrogens (tertiary/aromatic N) is 1. The summed E-state index contributed by atoms with van der Waals surface area (Å²) in [5.74, 6) is 0.535. The lowest BCUT2D eigenvalue weighted by molar-refractivity contribution is -0.131. The predicted molar refractivity (Wildman–Crippen MR) is 113 cm³/mol. The van der Waals surface area contributed by atoms with Gasteiger partial charge in [0.15, 0.2) is 11.5 Å². The van der Waals surface area contributed by atoms with Crippen molar-refractivity contribution in [2.24, 2.45) is 5.92 Å². The normalized spacial score (nSPS) is 27.3. The van der Waals surface area contributed by atoms with Crippen molar-refractivity contribution in [2.75, 3.05) is 19.9 Å². The van der Waals surface area contributed by atoms with Crippen molar-refractivity contribution in [1.82, 2.24) is 10.2 Å². The monoisotopic (exact) mass is 422 g/mol. The van der Waals surface area contributed by atoms with E-state index in [1.165, 1.54) is 0 Å². The number of ether oxygens (including phenoxy) is 2. The Bertz CT molecular complexity index is 995. The van der Waals surface area contributed by atoms with Crippen LogP contribution >= 0.6 is 0 Å². The first-order chi connectivity index (χ1) is 15.1. The molecule has 2 saturated heterocycles. The first-order valence-corrected chi connectivity index (χ1v) is 10.8. The Kier molecular flexibility index (Phi) is 5.06. The molecule has 2 aromatic carbocycles. The lowest BCUT2D eigenvalue weighted by Crippen LogP contribution is -2.57. The Hall–Kier alpha value is -3.06. The number of aliphatic hydroxyl groups excluding tert-OH is 1. The van der Waals surface area contributed by atoms with Gasteiger partial charge in [-0.3, -0.25) is 9.59 Å². The second kappa shape index (κ2) is 7.89. The van der Waals surface area contributed by atoms with Crippen molar-refractivity contribution in [3.8, 4) is 11.5 Å². The van der Waals surface area contributed by atoms with Crippen LogP contribution in [-0.2, 0) is 4.79 Å². The zero-order chi connectivity index (χ0) is 21.4. The third kappa shape index (κ3) is 3.24. The molecular weight excluding hydrogens is 396 g/mol. The molecule has 2 aromatic rings. The molecule has 162 valence electrons. The molecule has 3 aliphatic heterocycles. The van der Waals surface area contributed by atoms with E-state index in [0.717, 1.165) is 18.4 Å². The number of hydrogen-bond donors (Lipinski definition) is 2. The van der Waals surface area contributed by atoms with Gasteiger partial charge >= 0.3 is 0 Å². The maximum Gasteiger partial charge on any atom is 0.255 e. The van der Waals surface area contributed by atoms with Crippen molar-refractivity contribution < 1.29 is 24.2 Å². The van der Waals surface area contributed by atoms with Gasteiger partial charge in [-0.25, -0.2) is 0 Å². The largest absolute Gasteiger partial charge is 0.454 e. The number of hydrogen-bond acceptors (Lipinski definition) is 5. The highest BCUT2D eigenvalue weighted by molar-refractivity contribution is 6.00. The van der Waals surface area contributed by atoms with Crippen LogP contribution in [0.3, 0.4) is 0 Å². The highest BCUT2D eigenvalue weighted by atomic mass is 16.7. The molecule has 3 heterocycles. The molecule has 5 rings (SSSR count). The van der Waals surface area contributed by atoms with Gasteiger partial charge in [-0.1, -0.05) is 30.3 Å². The first-order valence-electron chi connectivity index (χ1n) is 10.8. The van der Waals surface area contributed by atoms with Crippen LogP contribution in [0.15, 0.2) is 48.5 Å². The summed E-state index contributed by atoms with van der Waals surface area (Å²) in [6, 6.07) is 14.4. The maximum atomic E-state index is 14.0. The lowest BCUT2D eigenvalue weighted by Gasteiger charge is -2.39. The average molecular weight is 422 g/mol. The number of aliphatic hydroxyl groups is 1. The quantitative estimate of drug-likeness (QED) is 0.794. The number of nitrogens with one attached hydrogen (secondary N) is 1. The zero-order valence-electron chi connectivity index (χ0n) is 17.3. The predicted octanol–water partition coefficient (Wildman–Crippen LogP) is 2.65. The van der Waals surface area contributed by atoms with Gasteiger partial charge in [-0.2, -0.15) is 0 Å². The SMILES string of the molecule is O=C(c1ccc2c(c1)OCO2)N1[C@@H](c2ccccc2)[C@@H](CO)C[C@]12CCCCNC2=O. The number of rotatable bonds is 3. The second-order valence-electron chi connectivity index (χ2n) is 8.49. The Labute approximate surface area is 181 Å². The number of carbonyl (C=O) groups is 2. The van der Waals surface area contributed by atoms with E-state index in [1.807, 2.05) is 30.3 Å². The first kappa shape index (κ1) is 19.9. The summed E-state index contributed by atoms with van der Waals surface area (Å²) >= 11 is 0. The average Bonchev–Trinajstić information content (AvgIpc) is 3.35. The van der Waals surface area contributed by atoms with E-state index in [4.69, 9.17) is 9.47 Å². The molecular formula is C24H26N2O5. The van der Waals surface area contributed by atoms with Crippen LogP contribution in [-0.4, -0.2) is 47.3 Å². The molecule has 2 amide bonds. The highest BCUT2D eigenvalue weighted by Crippen LogP contribution is 2.50. The van der Waals surface area contributed by atoms with Crippen molar-refractivity contribution in [2.45, 2.75) is 37.3 Å². The fourth-order valence-corrected chi connectivity index (χ4v) is 5.29. The van der Waals surface area contributed by atoms with Gasteiger partial charge in [0, 0.05) is 24.6 Å². The summed E-state index contributed by atoms with van der Waals surface area (Å²) in [6.07, 6.45) is 2.73. The number of benzene rings is 2. The third-order valence-electron chi connectivity index (χ3n) is 6.72. The molecule has 0 saturated carbocycles. The van der Waals surface area contributed by atoms with Gasteiger partial charge in [0.05, 0.1) is 6.04 Å². The molecule has 7 heteroatoms. The van der Waals surface area contributed by atoms with Crippen LogP contribution in [0.25, 0.3) is 0 Å². The molecule has 7 nitrogen and oxygen atoms in total. The van der Waals surface area contributed by atoms with E-state index < -0.39 is 11.6 Å². The topological polar surface area (TPSA) is 88.1 Å².